The molecule has 0 spiro atoms. The average molecular weight is 354 g/mol. The second-order valence-corrected chi connectivity index (χ2v) is 7.68. The first-order valence-electron chi connectivity index (χ1n) is 9.64. The highest BCUT2D eigenvalue weighted by molar-refractivity contribution is 5.78. The van der Waals surface area contributed by atoms with E-state index in [1.807, 2.05) is 24.3 Å². The molecule has 1 aromatic heterocycles. The van der Waals surface area contributed by atoms with Crippen LogP contribution in [0.15, 0.2) is 28.8 Å². The van der Waals surface area contributed by atoms with Gasteiger partial charge in [0.25, 0.3) is 5.89 Å². The van der Waals surface area contributed by atoms with Crippen molar-refractivity contribution in [3.8, 4) is 11.5 Å². The Balaban J connectivity index is 1.38. The largest absolute Gasteiger partial charge is 0.352 e. The van der Waals surface area contributed by atoms with Gasteiger partial charge in [-0.1, -0.05) is 43.0 Å². The lowest BCUT2D eigenvalue weighted by molar-refractivity contribution is -0.124. The summed E-state index contributed by atoms with van der Waals surface area (Å²) in [4.78, 5) is 16.6. The number of aromatic nitrogens is 2. The summed E-state index contributed by atoms with van der Waals surface area (Å²) in [6.45, 7) is 0.552. The first kappa shape index (κ1) is 17.2. The van der Waals surface area contributed by atoms with E-state index in [9.17, 15) is 4.79 Å². The summed E-state index contributed by atoms with van der Waals surface area (Å²) >= 11 is 0. The molecule has 0 radical (unpaired) electrons. The molecule has 2 saturated carbocycles. The molecule has 6 nitrogen and oxygen atoms in total. The Labute approximate surface area is 153 Å². The lowest BCUT2D eigenvalue weighted by Crippen LogP contribution is -2.34. The quantitative estimate of drug-likeness (QED) is 0.859. The van der Waals surface area contributed by atoms with E-state index in [0.29, 0.717) is 18.3 Å². The molecule has 0 saturated heterocycles. The summed E-state index contributed by atoms with van der Waals surface area (Å²) in [6, 6.07) is 7.88. The molecule has 2 aliphatic rings. The van der Waals surface area contributed by atoms with Gasteiger partial charge in [-0.2, -0.15) is 4.98 Å². The first-order chi connectivity index (χ1) is 12.6. The highest BCUT2D eigenvalue weighted by Gasteiger charge is 2.36. The predicted octanol–water partition coefficient (Wildman–Crippen LogP) is 3.27. The van der Waals surface area contributed by atoms with E-state index in [2.05, 4.69) is 15.5 Å². The van der Waals surface area contributed by atoms with E-state index in [1.54, 1.807) is 0 Å². The second-order valence-electron chi connectivity index (χ2n) is 7.68. The van der Waals surface area contributed by atoms with Crippen LogP contribution in [0.4, 0.5) is 0 Å². The molecule has 3 N–H and O–H groups in total. The summed E-state index contributed by atoms with van der Waals surface area (Å²) in [7, 11) is 0. The van der Waals surface area contributed by atoms with Crippen LogP contribution in [0.1, 0.15) is 62.8 Å². The Bertz CT molecular complexity index is 756. The molecule has 0 atom stereocenters. The summed E-state index contributed by atoms with van der Waals surface area (Å²) in [6.07, 6.45) is 8.42. The van der Waals surface area contributed by atoms with Gasteiger partial charge in [0.15, 0.2) is 5.82 Å². The van der Waals surface area contributed by atoms with Gasteiger partial charge >= 0.3 is 0 Å². The van der Waals surface area contributed by atoms with E-state index in [-0.39, 0.29) is 11.8 Å². The third kappa shape index (κ3) is 3.51. The minimum Gasteiger partial charge on any atom is -0.352 e. The average Bonchev–Trinajstić information content (AvgIpc) is 3.41. The molecule has 6 heteroatoms. The highest BCUT2D eigenvalue weighted by Crippen LogP contribution is 2.35. The van der Waals surface area contributed by atoms with Gasteiger partial charge in [-0.05, 0) is 43.4 Å². The number of benzene rings is 1. The number of hydrogen-bond donors (Lipinski definition) is 2. The van der Waals surface area contributed by atoms with E-state index in [1.165, 1.54) is 12.8 Å². The maximum atomic E-state index is 12.1. The molecule has 2 aromatic rings. The van der Waals surface area contributed by atoms with Gasteiger partial charge < -0.3 is 15.6 Å². The first-order valence-corrected chi connectivity index (χ1v) is 9.64. The monoisotopic (exact) mass is 354 g/mol. The van der Waals surface area contributed by atoms with Crippen molar-refractivity contribution < 1.29 is 9.32 Å². The van der Waals surface area contributed by atoms with Crippen LogP contribution < -0.4 is 11.1 Å². The fraction of sp³-hybridized carbons (Fsp3) is 0.550. The minimum atomic E-state index is -0.438. The summed E-state index contributed by atoms with van der Waals surface area (Å²) in [5.41, 5.74) is 7.88. The number of amides is 1. The lowest BCUT2D eigenvalue weighted by Gasteiger charge is -2.17. The Morgan fingerprint density at radius 1 is 1.15 bits per heavy atom. The van der Waals surface area contributed by atoms with Crippen LogP contribution in [-0.2, 0) is 16.9 Å². The van der Waals surface area contributed by atoms with Crippen molar-refractivity contribution in [2.75, 3.05) is 0 Å². The van der Waals surface area contributed by atoms with Gasteiger partial charge in [-0.25, -0.2) is 0 Å². The van der Waals surface area contributed by atoms with Crippen molar-refractivity contribution >= 4 is 5.91 Å². The number of hydrogen-bond acceptors (Lipinski definition) is 5. The Hall–Kier alpha value is -2.21. The van der Waals surface area contributed by atoms with E-state index in [0.717, 1.165) is 49.7 Å². The van der Waals surface area contributed by atoms with Crippen molar-refractivity contribution in [1.29, 1.82) is 0 Å². The van der Waals surface area contributed by atoms with Gasteiger partial charge in [0.1, 0.15) is 0 Å². The number of nitrogens with zero attached hydrogens (tertiary/aromatic N) is 2. The molecule has 0 aliphatic heterocycles. The summed E-state index contributed by atoms with van der Waals surface area (Å²) in [5, 5.41) is 7.14. The SMILES string of the molecule is NC1(c2noc(-c3ccc(CNC(=O)C4CCCC4)cc3)n2)CCCC1. The molecule has 2 fully saturated rings. The standard InChI is InChI=1S/C20H26N4O2/c21-20(11-3-4-12-20)19-23-18(26-24-19)16-9-7-14(8-10-16)13-22-17(25)15-5-1-2-6-15/h7-10,15H,1-6,11-13,21H2,(H,22,25). The van der Waals surface area contributed by atoms with E-state index in [4.69, 9.17) is 10.3 Å². The van der Waals surface area contributed by atoms with Crippen molar-refractivity contribution in [2.24, 2.45) is 11.7 Å². The van der Waals surface area contributed by atoms with Gasteiger partial charge in [0.2, 0.25) is 5.91 Å². The zero-order chi connectivity index (χ0) is 18.0. The molecule has 2 aliphatic carbocycles. The maximum absolute atomic E-state index is 12.1. The normalized spacial score (nSPS) is 19.7. The van der Waals surface area contributed by atoms with E-state index < -0.39 is 5.54 Å². The van der Waals surface area contributed by atoms with Crippen molar-refractivity contribution in [2.45, 2.75) is 63.5 Å². The number of carbonyl (C=O) groups excluding carboxylic acids is 1. The molecule has 4 rings (SSSR count). The molecule has 0 bridgehead atoms. The molecule has 1 heterocycles. The van der Waals surface area contributed by atoms with Crippen LogP contribution >= 0.6 is 0 Å². The number of nitrogens with two attached hydrogens (primary N) is 1. The molecule has 0 unspecified atom stereocenters. The minimum absolute atomic E-state index is 0.179. The highest BCUT2D eigenvalue weighted by atomic mass is 16.5. The zero-order valence-corrected chi connectivity index (χ0v) is 15.0. The van der Waals surface area contributed by atoms with Gasteiger partial charge in [0, 0.05) is 18.0 Å². The second kappa shape index (κ2) is 7.19. The van der Waals surface area contributed by atoms with Crippen LogP contribution in [-0.4, -0.2) is 16.0 Å². The fourth-order valence-corrected chi connectivity index (χ4v) is 4.06. The van der Waals surface area contributed by atoms with Crippen molar-refractivity contribution in [1.82, 2.24) is 15.5 Å². The number of rotatable bonds is 5. The third-order valence-corrected chi connectivity index (χ3v) is 5.76. The summed E-state index contributed by atoms with van der Waals surface area (Å²) < 4.78 is 5.42. The maximum Gasteiger partial charge on any atom is 0.257 e. The van der Waals surface area contributed by atoms with Gasteiger partial charge in [0.05, 0.1) is 5.54 Å². The molecule has 1 amide bonds. The van der Waals surface area contributed by atoms with Crippen LogP contribution in [0.2, 0.25) is 0 Å². The molecule has 138 valence electrons. The van der Waals surface area contributed by atoms with E-state index >= 15 is 0 Å². The Morgan fingerprint density at radius 2 is 1.85 bits per heavy atom. The number of carbonyl (C=O) groups is 1. The smallest absolute Gasteiger partial charge is 0.257 e. The van der Waals surface area contributed by atoms with Gasteiger partial charge in [-0.15, -0.1) is 0 Å². The van der Waals surface area contributed by atoms with Crippen molar-refractivity contribution in [3.05, 3.63) is 35.7 Å². The van der Waals surface area contributed by atoms with Crippen molar-refractivity contribution in [3.63, 3.8) is 0 Å². The molecular weight excluding hydrogens is 328 g/mol. The Morgan fingerprint density at radius 3 is 2.54 bits per heavy atom. The lowest BCUT2D eigenvalue weighted by atomic mass is 9.98. The predicted molar refractivity (Wildman–Crippen MR) is 97.9 cm³/mol. The topological polar surface area (TPSA) is 94.0 Å². The van der Waals surface area contributed by atoms with Crippen LogP contribution in [0.3, 0.4) is 0 Å². The molecule has 1 aromatic carbocycles. The summed E-state index contributed by atoms with van der Waals surface area (Å²) in [5.74, 6) is 1.49. The zero-order valence-electron chi connectivity index (χ0n) is 15.0. The Kier molecular flexibility index (Phi) is 4.76. The van der Waals surface area contributed by atoms with Gasteiger partial charge in [-0.3, -0.25) is 4.79 Å². The fourth-order valence-electron chi connectivity index (χ4n) is 4.06. The molecular formula is C20H26N4O2. The molecule has 26 heavy (non-hydrogen) atoms. The van der Waals surface area contributed by atoms with Crippen LogP contribution in [0.5, 0.6) is 0 Å². The third-order valence-electron chi connectivity index (χ3n) is 5.76. The van der Waals surface area contributed by atoms with Crippen LogP contribution in [0, 0.1) is 5.92 Å². The number of nitrogens with one attached hydrogen (secondary N) is 1. The van der Waals surface area contributed by atoms with Crippen LogP contribution in [0.25, 0.3) is 11.5 Å².